The molecule has 6 heteroatoms. The van der Waals surface area contributed by atoms with E-state index in [1.807, 2.05) is 0 Å². The first kappa shape index (κ1) is 17.6. The third-order valence-electron chi connectivity index (χ3n) is 3.34. The van der Waals surface area contributed by atoms with E-state index in [9.17, 15) is 14.8 Å². The highest BCUT2D eigenvalue weighted by Crippen LogP contribution is 2.19. The zero-order valence-corrected chi connectivity index (χ0v) is 13.4. The molecule has 0 aliphatic heterocycles. The maximum absolute atomic E-state index is 11.2. The van der Waals surface area contributed by atoms with Crippen LogP contribution in [-0.4, -0.2) is 24.1 Å². The molecule has 24 heavy (non-hydrogen) atoms. The predicted octanol–water partition coefficient (Wildman–Crippen LogP) is 3.11. The van der Waals surface area contributed by atoms with Crippen LogP contribution in [0.5, 0.6) is 11.5 Å². The van der Waals surface area contributed by atoms with Crippen LogP contribution in [0.15, 0.2) is 47.6 Å². The van der Waals surface area contributed by atoms with Crippen LogP contribution in [0.2, 0.25) is 0 Å². The Hall–Kier alpha value is -2.73. The number of carbonyl (C=O) groups is 1. The molecule has 0 unspecified atom stereocenters. The second-order valence-electron chi connectivity index (χ2n) is 5.21. The van der Waals surface area contributed by atoms with Crippen LogP contribution < -0.4 is 9.47 Å². The topological polar surface area (TPSA) is 85.2 Å². The van der Waals surface area contributed by atoms with E-state index in [2.05, 4.69) is 5.18 Å². The maximum Gasteiger partial charge on any atom is 0.159 e. The summed E-state index contributed by atoms with van der Waals surface area (Å²) in [5, 5.41) is 12.1. The highest BCUT2D eigenvalue weighted by atomic mass is 16.5. The average Bonchev–Trinajstić information content (AvgIpc) is 2.59. The Morgan fingerprint density at radius 1 is 1.00 bits per heavy atom. The van der Waals surface area contributed by atoms with Gasteiger partial charge >= 0.3 is 0 Å². The van der Waals surface area contributed by atoms with Crippen LogP contribution in [-0.2, 0) is 13.2 Å². The van der Waals surface area contributed by atoms with Gasteiger partial charge in [0.1, 0.15) is 31.3 Å². The minimum Gasteiger partial charge on any atom is -0.490 e. The number of ether oxygens (including phenoxy) is 2. The number of nitroso groups, excluding NO2 is 1. The van der Waals surface area contributed by atoms with Crippen molar-refractivity contribution in [3.63, 3.8) is 0 Å². The molecule has 0 atom stereocenters. The Morgan fingerprint density at radius 2 is 1.62 bits per heavy atom. The molecule has 0 aromatic heterocycles. The van der Waals surface area contributed by atoms with Crippen LogP contribution in [0.4, 0.5) is 0 Å². The molecule has 1 N–H and O–H groups in total. The van der Waals surface area contributed by atoms with Gasteiger partial charge in [-0.2, -0.15) is 4.91 Å². The van der Waals surface area contributed by atoms with Crippen molar-refractivity contribution in [2.24, 2.45) is 5.18 Å². The molecule has 0 spiro atoms. The quantitative estimate of drug-likeness (QED) is 0.434. The highest BCUT2D eigenvalue weighted by molar-refractivity contribution is 5.94. The number of hydrogen-bond donors (Lipinski definition) is 1. The van der Waals surface area contributed by atoms with Crippen molar-refractivity contribution in [1.82, 2.24) is 0 Å². The van der Waals surface area contributed by atoms with Gasteiger partial charge in [0.2, 0.25) is 0 Å². The number of carbonyl (C=O) groups excluding carboxylic acids is 1. The third kappa shape index (κ3) is 5.17. The van der Waals surface area contributed by atoms with Crippen LogP contribution >= 0.6 is 0 Å². The van der Waals surface area contributed by atoms with Crippen LogP contribution in [0.1, 0.15) is 28.4 Å². The van der Waals surface area contributed by atoms with Crippen molar-refractivity contribution in [3.05, 3.63) is 64.1 Å². The van der Waals surface area contributed by atoms with Gasteiger partial charge in [-0.3, -0.25) is 4.79 Å². The summed E-state index contributed by atoms with van der Waals surface area (Å²) in [7, 11) is 0. The van der Waals surface area contributed by atoms with Crippen molar-refractivity contribution < 1.29 is 19.4 Å². The maximum atomic E-state index is 11.2. The molecule has 0 fully saturated rings. The smallest absolute Gasteiger partial charge is 0.159 e. The van der Waals surface area contributed by atoms with Crippen LogP contribution in [0, 0.1) is 4.91 Å². The van der Waals surface area contributed by atoms with Crippen molar-refractivity contribution in [1.29, 1.82) is 0 Å². The molecule has 0 amide bonds. The largest absolute Gasteiger partial charge is 0.490 e. The standard InChI is InChI=1S/C18H19NO5/c1-13(21)16-2-4-17(5-3-16)23-6-7-24-18-9-14(11-19-22)8-15(10-18)12-20/h2-5,8-10,20H,6-7,11-12H2,1H3. The summed E-state index contributed by atoms with van der Waals surface area (Å²) in [6, 6.07) is 12.0. The zero-order chi connectivity index (χ0) is 17.4. The van der Waals surface area contributed by atoms with Gasteiger partial charge in [-0.05, 0) is 54.4 Å². The molecule has 0 aliphatic carbocycles. The van der Waals surface area contributed by atoms with Gasteiger partial charge in [-0.1, -0.05) is 11.2 Å². The van der Waals surface area contributed by atoms with Gasteiger partial charge in [0.15, 0.2) is 5.78 Å². The molecule has 2 aromatic rings. The third-order valence-corrected chi connectivity index (χ3v) is 3.34. The Morgan fingerprint density at radius 3 is 2.21 bits per heavy atom. The lowest BCUT2D eigenvalue weighted by molar-refractivity contribution is 0.101. The van der Waals surface area contributed by atoms with Gasteiger partial charge < -0.3 is 14.6 Å². The summed E-state index contributed by atoms with van der Waals surface area (Å²) in [6.45, 7) is 2.03. The van der Waals surface area contributed by atoms with Gasteiger partial charge in [-0.15, -0.1) is 0 Å². The molecular weight excluding hydrogens is 310 g/mol. The van der Waals surface area contributed by atoms with Crippen LogP contribution in [0.3, 0.4) is 0 Å². The lowest BCUT2D eigenvalue weighted by atomic mass is 10.1. The first-order valence-corrected chi connectivity index (χ1v) is 7.52. The molecule has 0 heterocycles. The van der Waals surface area contributed by atoms with E-state index >= 15 is 0 Å². The lowest BCUT2D eigenvalue weighted by Gasteiger charge is -2.10. The van der Waals surface area contributed by atoms with Gasteiger partial charge in [0, 0.05) is 5.56 Å². The minimum absolute atomic E-state index is 0.00858. The first-order valence-electron chi connectivity index (χ1n) is 7.52. The van der Waals surface area contributed by atoms with Crippen molar-refractivity contribution in [2.45, 2.75) is 20.1 Å². The van der Waals surface area contributed by atoms with Gasteiger partial charge in [-0.25, -0.2) is 0 Å². The fourth-order valence-corrected chi connectivity index (χ4v) is 2.17. The van der Waals surface area contributed by atoms with Gasteiger partial charge in [0.25, 0.3) is 0 Å². The molecule has 0 saturated heterocycles. The average molecular weight is 329 g/mol. The molecule has 0 aliphatic rings. The number of hydrogen-bond acceptors (Lipinski definition) is 6. The number of aliphatic hydroxyl groups excluding tert-OH is 1. The molecular formula is C18H19NO5. The summed E-state index contributed by atoms with van der Waals surface area (Å²) in [6.07, 6.45) is 0. The fourth-order valence-electron chi connectivity index (χ4n) is 2.17. The van der Waals surface area contributed by atoms with E-state index in [1.54, 1.807) is 42.5 Å². The minimum atomic E-state index is -0.137. The Bertz CT molecular complexity index is 697. The number of Topliss-reactive ketones (excluding diaryl/α,β-unsaturated/α-hetero) is 1. The Balaban J connectivity index is 1.86. The SMILES string of the molecule is CC(=O)c1ccc(OCCOc2cc(CO)cc(CN=O)c2)cc1. The summed E-state index contributed by atoms with van der Waals surface area (Å²) in [4.78, 5) is 21.6. The predicted molar refractivity (Wildman–Crippen MR) is 89.3 cm³/mol. The molecule has 0 saturated carbocycles. The normalized spacial score (nSPS) is 10.2. The monoisotopic (exact) mass is 329 g/mol. The number of benzene rings is 2. The van der Waals surface area contributed by atoms with E-state index in [0.29, 0.717) is 41.4 Å². The molecule has 0 bridgehead atoms. The molecule has 126 valence electrons. The number of aliphatic hydroxyl groups is 1. The summed E-state index contributed by atoms with van der Waals surface area (Å²) in [5.41, 5.74) is 1.98. The zero-order valence-electron chi connectivity index (χ0n) is 13.4. The van der Waals surface area contributed by atoms with Gasteiger partial charge in [0.05, 0.1) is 6.61 Å². The van der Waals surface area contributed by atoms with E-state index in [1.165, 1.54) is 6.92 Å². The molecule has 0 radical (unpaired) electrons. The Labute approximate surface area is 140 Å². The molecule has 2 aromatic carbocycles. The van der Waals surface area contributed by atoms with Crippen LogP contribution in [0.25, 0.3) is 0 Å². The summed E-state index contributed by atoms with van der Waals surface area (Å²) < 4.78 is 11.1. The Kier molecular flexibility index (Phi) is 6.45. The second-order valence-corrected chi connectivity index (χ2v) is 5.21. The first-order chi connectivity index (χ1) is 11.6. The van der Waals surface area contributed by atoms with Crippen molar-refractivity contribution in [3.8, 4) is 11.5 Å². The number of ketones is 1. The fraction of sp³-hybridized carbons (Fsp3) is 0.278. The van der Waals surface area contributed by atoms with E-state index < -0.39 is 0 Å². The highest BCUT2D eigenvalue weighted by Gasteiger charge is 2.03. The van der Waals surface area contributed by atoms with Crippen molar-refractivity contribution >= 4 is 5.78 Å². The second kappa shape index (κ2) is 8.79. The number of nitrogens with zero attached hydrogens (tertiary/aromatic N) is 1. The van der Waals surface area contributed by atoms with E-state index in [0.717, 1.165) is 0 Å². The molecule has 2 rings (SSSR count). The lowest BCUT2D eigenvalue weighted by Crippen LogP contribution is -2.09. The summed E-state index contributed by atoms with van der Waals surface area (Å²) >= 11 is 0. The summed E-state index contributed by atoms with van der Waals surface area (Å²) in [5.74, 6) is 1.21. The van der Waals surface area contributed by atoms with E-state index in [-0.39, 0.29) is 18.9 Å². The van der Waals surface area contributed by atoms with E-state index in [4.69, 9.17) is 9.47 Å². The molecule has 6 nitrogen and oxygen atoms in total. The van der Waals surface area contributed by atoms with Crippen molar-refractivity contribution in [2.75, 3.05) is 13.2 Å². The number of rotatable bonds is 9.